The van der Waals surface area contributed by atoms with Gasteiger partial charge in [0.1, 0.15) is 0 Å². The van der Waals surface area contributed by atoms with Crippen molar-refractivity contribution in [2.45, 2.75) is 32.5 Å². The molecule has 0 radical (unpaired) electrons. The van der Waals surface area contributed by atoms with Crippen molar-refractivity contribution in [2.75, 3.05) is 0 Å². The van der Waals surface area contributed by atoms with Gasteiger partial charge in [0, 0.05) is 5.92 Å². The van der Waals surface area contributed by atoms with E-state index in [9.17, 15) is 10.2 Å². The van der Waals surface area contributed by atoms with Gasteiger partial charge in [-0.3, -0.25) is 0 Å². The molecule has 14 heavy (non-hydrogen) atoms. The molecule has 2 nitrogen and oxygen atoms in total. The second-order valence-electron chi connectivity index (χ2n) is 4.30. The van der Waals surface area contributed by atoms with Crippen LogP contribution < -0.4 is 0 Å². The third-order valence-corrected chi connectivity index (χ3v) is 2.73. The SMILES string of the molecule is C[C@@H]([C@@H](O)c1ccccc1)C(C)(C)O. The maximum atomic E-state index is 9.96. The van der Waals surface area contributed by atoms with Crippen LogP contribution in [0.4, 0.5) is 0 Å². The van der Waals surface area contributed by atoms with Crippen LogP contribution >= 0.6 is 0 Å². The van der Waals surface area contributed by atoms with Crippen LogP contribution in [0.25, 0.3) is 0 Å². The van der Waals surface area contributed by atoms with E-state index in [2.05, 4.69) is 0 Å². The summed E-state index contributed by atoms with van der Waals surface area (Å²) in [5, 5.41) is 19.7. The molecule has 0 saturated carbocycles. The van der Waals surface area contributed by atoms with Crippen LogP contribution in [0.1, 0.15) is 32.4 Å². The molecule has 1 aromatic rings. The zero-order valence-electron chi connectivity index (χ0n) is 8.94. The zero-order chi connectivity index (χ0) is 10.8. The van der Waals surface area contributed by atoms with Gasteiger partial charge in [-0.05, 0) is 19.4 Å². The predicted octanol–water partition coefficient (Wildman–Crippen LogP) is 2.13. The van der Waals surface area contributed by atoms with Gasteiger partial charge in [-0.15, -0.1) is 0 Å². The first-order valence-electron chi connectivity index (χ1n) is 4.88. The van der Waals surface area contributed by atoms with Gasteiger partial charge in [0.15, 0.2) is 0 Å². The summed E-state index contributed by atoms with van der Waals surface area (Å²) in [7, 11) is 0. The van der Waals surface area contributed by atoms with Crippen molar-refractivity contribution in [1.82, 2.24) is 0 Å². The van der Waals surface area contributed by atoms with E-state index in [1.807, 2.05) is 37.3 Å². The summed E-state index contributed by atoms with van der Waals surface area (Å²) in [4.78, 5) is 0. The number of aliphatic hydroxyl groups is 2. The molecule has 0 spiro atoms. The van der Waals surface area contributed by atoms with E-state index in [-0.39, 0.29) is 5.92 Å². The quantitative estimate of drug-likeness (QED) is 0.773. The van der Waals surface area contributed by atoms with Gasteiger partial charge in [0.05, 0.1) is 11.7 Å². The average molecular weight is 194 g/mol. The number of rotatable bonds is 3. The molecule has 0 heterocycles. The summed E-state index contributed by atoms with van der Waals surface area (Å²) in [6, 6.07) is 9.41. The fourth-order valence-corrected chi connectivity index (χ4v) is 1.33. The van der Waals surface area contributed by atoms with Crippen LogP contribution in [0.3, 0.4) is 0 Å². The minimum Gasteiger partial charge on any atom is -0.390 e. The Hall–Kier alpha value is -0.860. The van der Waals surface area contributed by atoms with Crippen LogP contribution in [0.2, 0.25) is 0 Å². The second kappa shape index (κ2) is 4.11. The standard InChI is InChI=1S/C12H18O2/c1-9(12(2,3)14)11(13)10-7-5-4-6-8-10/h4-9,11,13-14H,1-3H3/t9-,11+/m0/s1. The molecule has 2 atom stereocenters. The Morgan fingerprint density at radius 3 is 2.07 bits per heavy atom. The predicted molar refractivity (Wildman–Crippen MR) is 56.9 cm³/mol. The van der Waals surface area contributed by atoms with Gasteiger partial charge in [-0.1, -0.05) is 37.3 Å². The van der Waals surface area contributed by atoms with Crippen LogP contribution in [0.15, 0.2) is 30.3 Å². The summed E-state index contributed by atoms with van der Waals surface area (Å²) in [6.07, 6.45) is -0.615. The molecule has 0 aliphatic heterocycles. The molecule has 0 saturated heterocycles. The Kier molecular flexibility index (Phi) is 3.29. The van der Waals surface area contributed by atoms with Crippen molar-refractivity contribution in [1.29, 1.82) is 0 Å². The van der Waals surface area contributed by atoms with Gasteiger partial charge in [0.25, 0.3) is 0 Å². The fraction of sp³-hybridized carbons (Fsp3) is 0.500. The first-order chi connectivity index (χ1) is 6.43. The van der Waals surface area contributed by atoms with Gasteiger partial charge < -0.3 is 10.2 Å². The molecule has 1 aromatic carbocycles. The zero-order valence-corrected chi connectivity index (χ0v) is 8.94. The Morgan fingerprint density at radius 1 is 1.14 bits per heavy atom. The van der Waals surface area contributed by atoms with Crippen molar-refractivity contribution in [3.05, 3.63) is 35.9 Å². The summed E-state index contributed by atoms with van der Waals surface area (Å²) in [5.41, 5.74) is -0.0166. The molecule has 0 amide bonds. The van der Waals surface area contributed by atoms with Gasteiger partial charge in [-0.2, -0.15) is 0 Å². The molecule has 0 aromatic heterocycles. The van der Waals surface area contributed by atoms with Crippen molar-refractivity contribution < 1.29 is 10.2 Å². The van der Waals surface area contributed by atoms with E-state index in [1.54, 1.807) is 13.8 Å². The monoisotopic (exact) mass is 194 g/mol. The average Bonchev–Trinajstić information content (AvgIpc) is 2.15. The van der Waals surface area contributed by atoms with Crippen LogP contribution in [0, 0.1) is 5.92 Å². The Bertz CT molecular complexity index is 274. The molecule has 1 rings (SSSR count). The van der Waals surface area contributed by atoms with E-state index in [4.69, 9.17) is 0 Å². The number of benzene rings is 1. The highest BCUT2D eigenvalue weighted by Crippen LogP contribution is 2.29. The molecule has 2 heteroatoms. The van der Waals surface area contributed by atoms with Gasteiger partial charge in [0.2, 0.25) is 0 Å². The Balaban J connectivity index is 2.81. The summed E-state index contributed by atoms with van der Waals surface area (Å²) < 4.78 is 0. The third-order valence-electron chi connectivity index (χ3n) is 2.73. The van der Waals surface area contributed by atoms with Gasteiger partial charge in [-0.25, -0.2) is 0 Å². The lowest BCUT2D eigenvalue weighted by molar-refractivity contribution is -0.0390. The van der Waals surface area contributed by atoms with Crippen LogP contribution in [0.5, 0.6) is 0 Å². The molecule has 0 aliphatic rings. The largest absolute Gasteiger partial charge is 0.390 e. The molecular formula is C12H18O2. The molecule has 0 bridgehead atoms. The van der Waals surface area contributed by atoms with E-state index < -0.39 is 11.7 Å². The lowest BCUT2D eigenvalue weighted by Gasteiger charge is -2.30. The lowest BCUT2D eigenvalue weighted by Crippen LogP contribution is -2.33. The molecule has 0 unspecified atom stereocenters. The van der Waals surface area contributed by atoms with E-state index in [1.165, 1.54) is 0 Å². The first kappa shape index (κ1) is 11.2. The van der Waals surface area contributed by atoms with E-state index in [0.717, 1.165) is 5.56 Å². The van der Waals surface area contributed by atoms with Crippen molar-refractivity contribution in [3.63, 3.8) is 0 Å². The first-order valence-corrected chi connectivity index (χ1v) is 4.88. The van der Waals surface area contributed by atoms with E-state index in [0.29, 0.717) is 0 Å². The molecule has 0 aliphatic carbocycles. The Labute approximate surface area is 85.2 Å². The van der Waals surface area contributed by atoms with Crippen molar-refractivity contribution in [3.8, 4) is 0 Å². The van der Waals surface area contributed by atoms with Crippen molar-refractivity contribution in [2.24, 2.45) is 5.92 Å². The number of hydrogen-bond acceptors (Lipinski definition) is 2. The van der Waals surface area contributed by atoms with Crippen molar-refractivity contribution >= 4 is 0 Å². The fourth-order valence-electron chi connectivity index (χ4n) is 1.33. The Morgan fingerprint density at radius 2 is 1.64 bits per heavy atom. The normalized spacial score (nSPS) is 16.4. The maximum Gasteiger partial charge on any atom is 0.0842 e. The summed E-state index contributed by atoms with van der Waals surface area (Å²) in [6.45, 7) is 5.27. The minimum atomic E-state index is -0.866. The molecular weight excluding hydrogens is 176 g/mol. The van der Waals surface area contributed by atoms with Crippen LogP contribution in [-0.2, 0) is 0 Å². The topological polar surface area (TPSA) is 40.5 Å². The molecule has 2 N–H and O–H groups in total. The highest BCUT2D eigenvalue weighted by Gasteiger charge is 2.29. The maximum absolute atomic E-state index is 9.96. The molecule has 0 fully saturated rings. The van der Waals surface area contributed by atoms with Crippen LogP contribution in [-0.4, -0.2) is 15.8 Å². The third kappa shape index (κ3) is 2.56. The highest BCUT2D eigenvalue weighted by atomic mass is 16.3. The second-order valence-corrected chi connectivity index (χ2v) is 4.30. The minimum absolute atomic E-state index is 0.190. The van der Waals surface area contributed by atoms with Gasteiger partial charge >= 0.3 is 0 Å². The number of hydrogen-bond donors (Lipinski definition) is 2. The molecule has 78 valence electrons. The number of aliphatic hydroxyl groups excluding tert-OH is 1. The summed E-state index contributed by atoms with van der Waals surface area (Å²) in [5.74, 6) is -0.190. The highest BCUT2D eigenvalue weighted by molar-refractivity contribution is 5.18. The summed E-state index contributed by atoms with van der Waals surface area (Å²) >= 11 is 0. The lowest BCUT2D eigenvalue weighted by atomic mass is 9.85. The smallest absolute Gasteiger partial charge is 0.0842 e. The van der Waals surface area contributed by atoms with E-state index >= 15 is 0 Å².